The summed E-state index contributed by atoms with van der Waals surface area (Å²) in [4.78, 5) is 26.6. The van der Waals surface area contributed by atoms with E-state index in [1.807, 2.05) is 41.8 Å². The molecule has 6 nitrogen and oxygen atoms in total. The molecule has 29 heavy (non-hydrogen) atoms. The Morgan fingerprint density at radius 2 is 1.97 bits per heavy atom. The fourth-order valence-electron chi connectivity index (χ4n) is 3.50. The number of aromatic amines is 1. The second kappa shape index (κ2) is 7.57. The van der Waals surface area contributed by atoms with Gasteiger partial charge >= 0.3 is 0 Å². The lowest BCUT2D eigenvalue weighted by molar-refractivity contribution is -0.120. The fourth-order valence-corrected chi connectivity index (χ4v) is 4.21. The van der Waals surface area contributed by atoms with Gasteiger partial charge in [-0.1, -0.05) is 39.0 Å². The Morgan fingerprint density at radius 3 is 2.62 bits per heavy atom. The van der Waals surface area contributed by atoms with E-state index >= 15 is 0 Å². The number of benzene rings is 1. The first-order valence-corrected chi connectivity index (χ1v) is 10.5. The van der Waals surface area contributed by atoms with Gasteiger partial charge < -0.3 is 5.32 Å². The predicted molar refractivity (Wildman–Crippen MR) is 114 cm³/mol. The number of nitrogens with one attached hydrogen (secondary N) is 3. The van der Waals surface area contributed by atoms with Gasteiger partial charge in [-0.3, -0.25) is 20.0 Å². The smallest absolute Gasteiger partial charge is 0.256 e. The maximum Gasteiger partial charge on any atom is 0.256 e. The lowest BCUT2D eigenvalue weighted by atomic mass is 9.87. The van der Waals surface area contributed by atoms with Crippen LogP contribution in [0.1, 0.15) is 58.9 Å². The van der Waals surface area contributed by atoms with E-state index < -0.39 is 6.04 Å². The molecular formula is C22H24N4O2S. The van der Waals surface area contributed by atoms with Gasteiger partial charge in [-0.2, -0.15) is 5.10 Å². The Labute approximate surface area is 173 Å². The lowest BCUT2D eigenvalue weighted by Gasteiger charge is -2.19. The Morgan fingerprint density at radius 1 is 1.21 bits per heavy atom. The van der Waals surface area contributed by atoms with E-state index in [1.54, 1.807) is 11.3 Å². The van der Waals surface area contributed by atoms with Crippen molar-refractivity contribution in [3.05, 3.63) is 69.0 Å². The molecule has 3 aromatic rings. The third kappa shape index (κ3) is 4.02. The van der Waals surface area contributed by atoms with Gasteiger partial charge in [-0.15, -0.1) is 11.3 Å². The van der Waals surface area contributed by atoms with Crippen LogP contribution in [0.15, 0.2) is 41.8 Å². The van der Waals surface area contributed by atoms with Crippen molar-refractivity contribution in [3.63, 3.8) is 0 Å². The number of anilines is 1. The molecule has 3 heterocycles. The van der Waals surface area contributed by atoms with Crippen LogP contribution in [0.4, 0.5) is 5.82 Å². The normalized spacial score (nSPS) is 15.9. The summed E-state index contributed by atoms with van der Waals surface area (Å²) in [5.41, 5.74) is 3.27. The highest BCUT2D eigenvalue weighted by atomic mass is 32.1. The average molecular weight is 409 g/mol. The molecule has 1 amide bonds. The van der Waals surface area contributed by atoms with E-state index in [9.17, 15) is 9.59 Å². The van der Waals surface area contributed by atoms with Crippen LogP contribution in [0, 0.1) is 0 Å². The molecule has 150 valence electrons. The summed E-state index contributed by atoms with van der Waals surface area (Å²) >= 11 is 1.57. The van der Waals surface area contributed by atoms with Crippen LogP contribution in [0.3, 0.4) is 0 Å². The number of hydrogen-bond donors (Lipinski definition) is 3. The van der Waals surface area contributed by atoms with Crippen LogP contribution in [0.5, 0.6) is 0 Å². The first kappa shape index (κ1) is 19.5. The van der Waals surface area contributed by atoms with Crippen LogP contribution in [0.2, 0.25) is 0 Å². The van der Waals surface area contributed by atoms with E-state index in [0.717, 1.165) is 16.1 Å². The Hall–Kier alpha value is -2.77. The van der Waals surface area contributed by atoms with Crippen molar-refractivity contribution in [2.24, 2.45) is 0 Å². The molecule has 1 atom stereocenters. The number of H-pyrrole nitrogens is 1. The minimum Gasteiger partial charge on any atom is -0.307 e. The van der Waals surface area contributed by atoms with Gasteiger partial charge in [0, 0.05) is 29.0 Å². The van der Waals surface area contributed by atoms with Crippen LogP contribution in [-0.4, -0.2) is 21.9 Å². The standard InChI is InChI=1S/C22H24N4O2S/c1-22(2,3)14-8-6-13(7-9-14)21(28)24-20-18-16(25-26-20)12-23-19(18)17(27)11-15-5-4-10-29-15/h4-10,19,23H,11-12H2,1-3H3,(H2,24,25,26,28). The fraction of sp³-hybridized carbons (Fsp3) is 0.318. The number of Topliss-reactive ketones (excluding diaryl/α,β-unsaturated/α-hetero) is 1. The van der Waals surface area contributed by atoms with Crippen LogP contribution in [-0.2, 0) is 23.2 Å². The molecular weight excluding hydrogens is 384 g/mol. The number of amides is 1. The molecule has 0 saturated carbocycles. The zero-order chi connectivity index (χ0) is 20.6. The number of fused-ring (bicyclic) bond motifs is 1. The summed E-state index contributed by atoms with van der Waals surface area (Å²) < 4.78 is 0. The minimum absolute atomic E-state index is 0.0288. The summed E-state index contributed by atoms with van der Waals surface area (Å²) in [7, 11) is 0. The molecule has 3 N–H and O–H groups in total. The van der Waals surface area contributed by atoms with Gasteiger partial charge in [-0.05, 0) is 34.6 Å². The second-order valence-electron chi connectivity index (χ2n) is 8.28. The van der Waals surface area contributed by atoms with Gasteiger partial charge in [-0.25, -0.2) is 0 Å². The Kier molecular flexibility index (Phi) is 5.10. The van der Waals surface area contributed by atoms with Gasteiger partial charge in [0.15, 0.2) is 5.78 Å². The van der Waals surface area contributed by atoms with E-state index in [4.69, 9.17) is 0 Å². The molecule has 0 fully saturated rings. The lowest BCUT2D eigenvalue weighted by Crippen LogP contribution is -2.25. The number of carbonyl (C=O) groups excluding carboxylic acids is 2. The number of rotatable bonds is 5. The number of nitrogens with zero attached hydrogens (tertiary/aromatic N) is 1. The average Bonchev–Trinajstić information content (AvgIpc) is 3.40. The third-order valence-corrected chi connectivity index (χ3v) is 6.02. The molecule has 0 bridgehead atoms. The van der Waals surface area contributed by atoms with Gasteiger partial charge in [0.25, 0.3) is 5.91 Å². The summed E-state index contributed by atoms with van der Waals surface area (Å²) in [6.07, 6.45) is 0.363. The summed E-state index contributed by atoms with van der Waals surface area (Å²) in [5, 5.41) is 15.2. The van der Waals surface area contributed by atoms with E-state index in [-0.39, 0.29) is 17.1 Å². The van der Waals surface area contributed by atoms with Crippen molar-refractivity contribution in [2.45, 2.75) is 45.2 Å². The van der Waals surface area contributed by atoms with E-state index in [1.165, 1.54) is 5.56 Å². The van der Waals surface area contributed by atoms with Crippen LogP contribution >= 0.6 is 11.3 Å². The summed E-state index contributed by atoms with van der Waals surface area (Å²) in [6.45, 7) is 6.91. The number of ketones is 1. The van der Waals surface area contributed by atoms with E-state index in [0.29, 0.717) is 24.3 Å². The summed E-state index contributed by atoms with van der Waals surface area (Å²) in [6, 6.07) is 11.0. The number of carbonyl (C=O) groups is 2. The molecule has 0 saturated heterocycles. The first-order valence-electron chi connectivity index (χ1n) is 9.60. The van der Waals surface area contributed by atoms with Crippen molar-refractivity contribution in [1.29, 1.82) is 0 Å². The highest BCUT2D eigenvalue weighted by molar-refractivity contribution is 7.10. The Balaban J connectivity index is 1.51. The van der Waals surface area contributed by atoms with Crippen LogP contribution < -0.4 is 10.6 Å². The topological polar surface area (TPSA) is 86.9 Å². The zero-order valence-corrected chi connectivity index (χ0v) is 17.5. The van der Waals surface area contributed by atoms with Crippen molar-refractivity contribution in [3.8, 4) is 0 Å². The van der Waals surface area contributed by atoms with Crippen molar-refractivity contribution >= 4 is 28.8 Å². The molecule has 1 unspecified atom stereocenters. The molecule has 1 aliphatic heterocycles. The number of hydrogen-bond acceptors (Lipinski definition) is 5. The van der Waals surface area contributed by atoms with Gasteiger partial charge in [0.1, 0.15) is 5.82 Å². The van der Waals surface area contributed by atoms with Crippen molar-refractivity contribution < 1.29 is 9.59 Å². The predicted octanol–water partition coefficient (Wildman–Crippen LogP) is 3.98. The monoisotopic (exact) mass is 408 g/mol. The highest BCUT2D eigenvalue weighted by Crippen LogP contribution is 2.32. The molecule has 1 aromatic carbocycles. The SMILES string of the molecule is CC(C)(C)c1ccc(C(=O)Nc2[nH]nc3c2C(C(=O)Cc2cccs2)NC3)cc1. The third-order valence-electron chi connectivity index (χ3n) is 5.15. The molecule has 7 heteroatoms. The maximum atomic E-state index is 12.8. The first-order chi connectivity index (χ1) is 13.8. The van der Waals surface area contributed by atoms with Gasteiger partial charge in [0.2, 0.25) is 0 Å². The molecule has 2 aromatic heterocycles. The second-order valence-corrected chi connectivity index (χ2v) is 9.31. The molecule has 1 aliphatic rings. The zero-order valence-electron chi connectivity index (χ0n) is 16.7. The van der Waals surface area contributed by atoms with Gasteiger partial charge in [0.05, 0.1) is 11.7 Å². The number of aromatic nitrogens is 2. The quantitative estimate of drug-likeness (QED) is 0.596. The van der Waals surface area contributed by atoms with Crippen LogP contribution in [0.25, 0.3) is 0 Å². The molecule has 0 radical (unpaired) electrons. The van der Waals surface area contributed by atoms with Crippen molar-refractivity contribution in [1.82, 2.24) is 15.5 Å². The number of thiophene rings is 1. The minimum atomic E-state index is -0.468. The molecule has 0 spiro atoms. The maximum absolute atomic E-state index is 12.8. The molecule has 4 rings (SSSR count). The highest BCUT2D eigenvalue weighted by Gasteiger charge is 2.34. The largest absolute Gasteiger partial charge is 0.307 e. The van der Waals surface area contributed by atoms with Crippen molar-refractivity contribution in [2.75, 3.05) is 5.32 Å². The summed E-state index contributed by atoms with van der Waals surface area (Å²) in [5.74, 6) is 0.324. The van der Waals surface area contributed by atoms with E-state index in [2.05, 4.69) is 41.6 Å². The Bertz CT molecular complexity index is 1030. The molecule has 0 aliphatic carbocycles.